The van der Waals surface area contributed by atoms with Gasteiger partial charge in [-0.25, -0.2) is 4.98 Å². The summed E-state index contributed by atoms with van der Waals surface area (Å²) in [6, 6.07) is 4.13. The zero-order valence-electron chi connectivity index (χ0n) is 16.5. The molecule has 26 heavy (non-hydrogen) atoms. The quantitative estimate of drug-likeness (QED) is 0.802. The van der Waals surface area contributed by atoms with E-state index in [2.05, 4.69) is 26.7 Å². The fourth-order valence-corrected chi connectivity index (χ4v) is 4.05. The minimum absolute atomic E-state index is 0.143. The Labute approximate surface area is 157 Å². The second kappa shape index (κ2) is 8.82. The molecule has 0 spiro atoms. The number of aromatic nitrogens is 1. The van der Waals surface area contributed by atoms with Gasteiger partial charge in [0.15, 0.2) is 0 Å². The monoisotopic (exact) mass is 359 g/mol. The number of carbonyl (C=O) groups excluding carboxylic acids is 1. The molecule has 3 heterocycles. The SMILES string of the molecule is CN1CCN(CCC2CCCCN2C(=O)c2cccnc2N(C)C)CC1. The molecule has 1 amide bonds. The predicted molar refractivity (Wildman–Crippen MR) is 106 cm³/mol. The van der Waals surface area contributed by atoms with Crippen LogP contribution in [0.3, 0.4) is 0 Å². The number of piperazine rings is 1. The Hall–Kier alpha value is -1.66. The summed E-state index contributed by atoms with van der Waals surface area (Å²) < 4.78 is 0. The molecule has 0 saturated carbocycles. The van der Waals surface area contributed by atoms with Crippen molar-refractivity contribution in [3.63, 3.8) is 0 Å². The van der Waals surface area contributed by atoms with E-state index in [1.165, 1.54) is 6.42 Å². The van der Waals surface area contributed by atoms with Gasteiger partial charge in [-0.2, -0.15) is 0 Å². The molecule has 0 radical (unpaired) electrons. The van der Waals surface area contributed by atoms with Crippen molar-refractivity contribution in [2.24, 2.45) is 0 Å². The van der Waals surface area contributed by atoms with Gasteiger partial charge in [-0.15, -0.1) is 0 Å². The van der Waals surface area contributed by atoms with Crippen LogP contribution in [-0.2, 0) is 0 Å². The van der Waals surface area contributed by atoms with Gasteiger partial charge >= 0.3 is 0 Å². The molecule has 0 bridgehead atoms. The molecule has 6 nitrogen and oxygen atoms in total. The molecule has 0 aliphatic carbocycles. The molecule has 0 N–H and O–H groups in total. The Bertz CT molecular complexity index is 598. The Balaban J connectivity index is 1.66. The highest BCUT2D eigenvalue weighted by molar-refractivity contribution is 5.99. The number of hydrogen-bond donors (Lipinski definition) is 0. The summed E-state index contributed by atoms with van der Waals surface area (Å²) >= 11 is 0. The van der Waals surface area contributed by atoms with E-state index in [1.807, 2.05) is 31.1 Å². The number of pyridine rings is 1. The maximum Gasteiger partial charge on any atom is 0.257 e. The van der Waals surface area contributed by atoms with E-state index in [1.54, 1.807) is 6.20 Å². The number of likely N-dealkylation sites (N-methyl/N-ethyl adjacent to an activating group) is 1. The average molecular weight is 360 g/mol. The van der Waals surface area contributed by atoms with Crippen LogP contribution in [-0.4, -0.2) is 92.0 Å². The first kappa shape index (κ1) is 19.1. The molecule has 3 rings (SSSR count). The third-order valence-corrected chi connectivity index (χ3v) is 5.70. The van der Waals surface area contributed by atoms with E-state index in [0.717, 1.165) is 69.9 Å². The number of anilines is 1. The van der Waals surface area contributed by atoms with Gasteiger partial charge in [-0.1, -0.05) is 0 Å². The van der Waals surface area contributed by atoms with Crippen LogP contribution in [0.25, 0.3) is 0 Å². The van der Waals surface area contributed by atoms with Gasteiger partial charge in [0.25, 0.3) is 5.91 Å². The van der Waals surface area contributed by atoms with Crippen molar-refractivity contribution in [2.75, 3.05) is 65.3 Å². The fourth-order valence-electron chi connectivity index (χ4n) is 4.05. The summed E-state index contributed by atoms with van der Waals surface area (Å²) in [5.41, 5.74) is 0.726. The second-order valence-electron chi connectivity index (χ2n) is 7.85. The van der Waals surface area contributed by atoms with E-state index >= 15 is 0 Å². The van der Waals surface area contributed by atoms with Gasteiger partial charge in [-0.05, 0) is 44.9 Å². The van der Waals surface area contributed by atoms with Gasteiger partial charge in [-0.3, -0.25) is 4.79 Å². The van der Waals surface area contributed by atoms with Crippen molar-refractivity contribution in [1.82, 2.24) is 19.7 Å². The van der Waals surface area contributed by atoms with Gasteiger partial charge in [0.1, 0.15) is 5.82 Å². The lowest BCUT2D eigenvalue weighted by molar-refractivity contribution is 0.0570. The minimum Gasteiger partial charge on any atom is -0.362 e. The van der Waals surface area contributed by atoms with E-state index < -0.39 is 0 Å². The standard InChI is InChI=1S/C20H33N5O/c1-22(2)19-18(8-6-10-21-19)20(26)25-11-5-4-7-17(25)9-12-24-15-13-23(3)14-16-24/h6,8,10,17H,4-5,7,9,11-16H2,1-3H3. The van der Waals surface area contributed by atoms with Gasteiger partial charge in [0, 0.05) is 65.6 Å². The number of carbonyl (C=O) groups is 1. The van der Waals surface area contributed by atoms with Crippen molar-refractivity contribution >= 4 is 11.7 Å². The highest BCUT2D eigenvalue weighted by Crippen LogP contribution is 2.25. The van der Waals surface area contributed by atoms with Crippen LogP contribution in [0.4, 0.5) is 5.82 Å². The van der Waals surface area contributed by atoms with Crippen LogP contribution < -0.4 is 4.90 Å². The van der Waals surface area contributed by atoms with Crippen molar-refractivity contribution in [3.05, 3.63) is 23.9 Å². The van der Waals surface area contributed by atoms with Crippen LogP contribution in [0.1, 0.15) is 36.0 Å². The Morgan fingerprint density at radius 1 is 1.19 bits per heavy atom. The Morgan fingerprint density at radius 2 is 1.96 bits per heavy atom. The smallest absolute Gasteiger partial charge is 0.257 e. The maximum atomic E-state index is 13.3. The first-order valence-electron chi connectivity index (χ1n) is 9.90. The summed E-state index contributed by atoms with van der Waals surface area (Å²) in [6.07, 6.45) is 6.29. The van der Waals surface area contributed by atoms with Crippen molar-refractivity contribution in [3.8, 4) is 0 Å². The van der Waals surface area contributed by atoms with Crippen molar-refractivity contribution < 1.29 is 4.79 Å². The molecule has 1 atom stereocenters. The highest BCUT2D eigenvalue weighted by atomic mass is 16.2. The van der Waals surface area contributed by atoms with E-state index in [9.17, 15) is 4.79 Å². The molecule has 2 fully saturated rings. The number of rotatable bonds is 5. The number of piperidine rings is 1. The average Bonchev–Trinajstić information content (AvgIpc) is 2.67. The molecule has 1 aromatic heterocycles. The Kier molecular flexibility index (Phi) is 6.48. The fraction of sp³-hybridized carbons (Fsp3) is 0.700. The minimum atomic E-state index is 0.143. The summed E-state index contributed by atoms with van der Waals surface area (Å²) in [7, 11) is 6.08. The zero-order chi connectivity index (χ0) is 18.5. The third kappa shape index (κ3) is 4.54. The number of nitrogens with zero attached hydrogens (tertiary/aromatic N) is 5. The third-order valence-electron chi connectivity index (χ3n) is 5.70. The van der Waals surface area contributed by atoms with E-state index in [4.69, 9.17) is 0 Å². The van der Waals surface area contributed by atoms with Crippen LogP contribution in [0, 0.1) is 0 Å². The normalized spacial score (nSPS) is 22.4. The van der Waals surface area contributed by atoms with Gasteiger partial charge in [0.05, 0.1) is 5.56 Å². The second-order valence-corrected chi connectivity index (χ2v) is 7.85. The lowest BCUT2D eigenvalue weighted by atomic mass is 9.97. The van der Waals surface area contributed by atoms with Crippen LogP contribution in [0.15, 0.2) is 18.3 Å². The zero-order valence-corrected chi connectivity index (χ0v) is 16.5. The van der Waals surface area contributed by atoms with Gasteiger partial charge in [0.2, 0.25) is 0 Å². The molecule has 2 aliphatic rings. The molecule has 2 saturated heterocycles. The summed E-state index contributed by atoms with van der Waals surface area (Å²) in [5, 5.41) is 0. The molecule has 1 aromatic rings. The molecule has 6 heteroatoms. The topological polar surface area (TPSA) is 42.9 Å². The van der Waals surface area contributed by atoms with Crippen molar-refractivity contribution in [2.45, 2.75) is 31.7 Å². The molecule has 0 aromatic carbocycles. The summed E-state index contributed by atoms with van der Waals surface area (Å²) in [4.78, 5) is 26.7. The molecular formula is C20H33N5O. The van der Waals surface area contributed by atoms with Crippen LogP contribution in [0.2, 0.25) is 0 Å². The van der Waals surface area contributed by atoms with Crippen LogP contribution in [0.5, 0.6) is 0 Å². The summed E-state index contributed by atoms with van der Waals surface area (Å²) in [5.74, 6) is 0.908. The summed E-state index contributed by atoms with van der Waals surface area (Å²) in [6.45, 7) is 6.54. The molecular weight excluding hydrogens is 326 g/mol. The lowest BCUT2D eigenvalue weighted by Gasteiger charge is -2.38. The highest BCUT2D eigenvalue weighted by Gasteiger charge is 2.29. The van der Waals surface area contributed by atoms with Gasteiger partial charge < -0.3 is 19.6 Å². The number of amides is 1. The predicted octanol–water partition coefficient (Wildman–Crippen LogP) is 1.78. The van der Waals surface area contributed by atoms with E-state index in [-0.39, 0.29) is 5.91 Å². The maximum absolute atomic E-state index is 13.3. The largest absolute Gasteiger partial charge is 0.362 e. The molecule has 2 aliphatic heterocycles. The molecule has 144 valence electrons. The van der Waals surface area contributed by atoms with E-state index in [0.29, 0.717) is 6.04 Å². The lowest BCUT2D eigenvalue weighted by Crippen LogP contribution is -2.48. The first-order valence-corrected chi connectivity index (χ1v) is 9.90. The van der Waals surface area contributed by atoms with Crippen LogP contribution >= 0.6 is 0 Å². The number of likely N-dealkylation sites (tertiary alicyclic amines) is 1. The van der Waals surface area contributed by atoms with Crippen molar-refractivity contribution in [1.29, 1.82) is 0 Å². The Morgan fingerprint density at radius 3 is 2.69 bits per heavy atom. The first-order chi connectivity index (χ1) is 12.6. The number of hydrogen-bond acceptors (Lipinski definition) is 5. The molecule has 1 unspecified atom stereocenters.